The van der Waals surface area contributed by atoms with Crippen LogP contribution in [0.5, 0.6) is 0 Å². The number of rotatable bonds is 6. The van der Waals surface area contributed by atoms with Crippen LogP contribution in [0.1, 0.15) is 23.2 Å². The maximum absolute atomic E-state index is 12.1. The lowest BCUT2D eigenvalue weighted by molar-refractivity contribution is -0.119. The monoisotopic (exact) mass is 381 g/mol. The molecule has 0 aromatic heterocycles. The van der Waals surface area contributed by atoms with E-state index in [-0.39, 0.29) is 12.5 Å². The van der Waals surface area contributed by atoms with Gasteiger partial charge in [0.15, 0.2) is 6.61 Å². The highest BCUT2D eigenvalue weighted by molar-refractivity contribution is 5.97. The van der Waals surface area contributed by atoms with Crippen molar-refractivity contribution in [1.82, 2.24) is 0 Å². The molecule has 1 saturated heterocycles. The number of benzene rings is 2. The topological polar surface area (TPSA) is 79.0 Å². The summed E-state index contributed by atoms with van der Waals surface area (Å²) in [6.45, 7) is 0.344. The first-order chi connectivity index (χ1) is 13.4. The molecule has 0 atom stereocenters. The van der Waals surface area contributed by atoms with Gasteiger partial charge in [-0.1, -0.05) is 0 Å². The Morgan fingerprint density at radius 2 is 1.75 bits per heavy atom. The van der Waals surface area contributed by atoms with Gasteiger partial charge in [0.1, 0.15) is 0 Å². The van der Waals surface area contributed by atoms with Gasteiger partial charge < -0.3 is 19.9 Å². The predicted molar refractivity (Wildman–Crippen MR) is 108 cm³/mol. The second kappa shape index (κ2) is 8.56. The number of carbonyl (C=O) groups excluding carboxylic acids is 3. The molecule has 1 aliphatic rings. The van der Waals surface area contributed by atoms with Crippen LogP contribution in [-0.2, 0) is 14.3 Å². The lowest BCUT2D eigenvalue weighted by Crippen LogP contribution is -2.23. The quantitative estimate of drug-likeness (QED) is 0.779. The summed E-state index contributed by atoms with van der Waals surface area (Å²) in [6, 6.07) is 14.0. The minimum atomic E-state index is -0.552. The highest BCUT2D eigenvalue weighted by Gasteiger charge is 2.21. The average Bonchev–Trinajstić information content (AvgIpc) is 3.12. The van der Waals surface area contributed by atoms with E-state index in [1.807, 2.05) is 31.1 Å². The van der Waals surface area contributed by atoms with Gasteiger partial charge in [-0.15, -0.1) is 0 Å². The summed E-state index contributed by atoms with van der Waals surface area (Å²) in [6.07, 6.45) is 1.43. The molecule has 2 amide bonds. The predicted octanol–water partition coefficient (Wildman–Crippen LogP) is 2.67. The van der Waals surface area contributed by atoms with Gasteiger partial charge >= 0.3 is 5.97 Å². The van der Waals surface area contributed by atoms with E-state index >= 15 is 0 Å². The normalized spacial score (nSPS) is 13.4. The van der Waals surface area contributed by atoms with Crippen molar-refractivity contribution in [3.05, 3.63) is 54.1 Å². The van der Waals surface area contributed by atoms with Crippen LogP contribution >= 0.6 is 0 Å². The van der Waals surface area contributed by atoms with Crippen molar-refractivity contribution in [3.63, 3.8) is 0 Å². The van der Waals surface area contributed by atoms with Crippen LogP contribution in [-0.4, -0.2) is 45.0 Å². The number of nitrogens with one attached hydrogen (secondary N) is 1. The molecular formula is C21H23N3O4. The molecule has 2 aromatic carbocycles. The van der Waals surface area contributed by atoms with Gasteiger partial charge in [0.25, 0.3) is 5.91 Å². The number of anilines is 3. The molecule has 0 aliphatic carbocycles. The third-order valence-electron chi connectivity index (χ3n) is 4.49. The summed E-state index contributed by atoms with van der Waals surface area (Å²) in [5.41, 5.74) is 2.74. The Morgan fingerprint density at radius 3 is 2.32 bits per heavy atom. The lowest BCUT2D eigenvalue weighted by Gasteiger charge is -2.16. The zero-order chi connectivity index (χ0) is 20.1. The zero-order valence-corrected chi connectivity index (χ0v) is 16.0. The number of esters is 1. The Balaban J connectivity index is 1.49. The number of carbonyl (C=O) groups is 3. The third-order valence-corrected chi connectivity index (χ3v) is 4.49. The first kappa shape index (κ1) is 19.4. The van der Waals surface area contributed by atoms with Crippen molar-refractivity contribution in [2.24, 2.45) is 0 Å². The maximum Gasteiger partial charge on any atom is 0.338 e. The van der Waals surface area contributed by atoms with E-state index in [0.717, 1.165) is 24.3 Å². The van der Waals surface area contributed by atoms with Gasteiger partial charge in [-0.3, -0.25) is 9.59 Å². The van der Waals surface area contributed by atoms with Crippen LogP contribution in [0.3, 0.4) is 0 Å². The Bertz CT molecular complexity index is 860. The molecule has 2 aromatic rings. The van der Waals surface area contributed by atoms with E-state index in [0.29, 0.717) is 17.7 Å². The van der Waals surface area contributed by atoms with E-state index in [4.69, 9.17) is 4.74 Å². The molecule has 0 saturated carbocycles. The Labute approximate surface area is 163 Å². The summed E-state index contributed by atoms with van der Waals surface area (Å²) in [7, 11) is 3.82. The van der Waals surface area contributed by atoms with Crippen LogP contribution in [0.25, 0.3) is 0 Å². The number of ether oxygens (including phenoxy) is 1. The van der Waals surface area contributed by atoms with Gasteiger partial charge in [-0.25, -0.2) is 4.79 Å². The minimum absolute atomic E-state index is 0.113. The van der Waals surface area contributed by atoms with Crippen LogP contribution in [0, 0.1) is 0 Å². The molecular weight excluding hydrogens is 358 g/mol. The summed E-state index contributed by atoms with van der Waals surface area (Å²) in [5.74, 6) is -0.867. The smallest absolute Gasteiger partial charge is 0.338 e. The Hall–Kier alpha value is -3.35. The number of hydrogen-bond donors (Lipinski definition) is 1. The van der Waals surface area contributed by atoms with E-state index in [9.17, 15) is 14.4 Å². The average molecular weight is 381 g/mol. The van der Waals surface area contributed by atoms with E-state index < -0.39 is 11.9 Å². The highest BCUT2D eigenvalue weighted by Crippen LogP contribution is 2.23. The zero-order valence-electron chi connectivity index (χ0n) is 16.0. The van der Waals surface area contributed by atoms with Crippen molar-refractivity contribution in [3.8, 4) is 0 Å². The molecule has 0 spiro atoms. The van der Waals surface area contributed by atoms with Crippen LogP contribution < -0.4 is 15.1 Å². The van der Waals surface area contributed by atoms with Gasteiger partial charge in [-0.2, -0.15) is 0 Å². The fourth-order valence-electron chi connectivity index (χ4n) is 2.95. The van der Waals surface area contributed by atoms with Crippen molar-refractivity contribution in [2.75, 3.05) is 42.4 Å². The minimum Gasteiger partial charge on any atom is -0.452 e. The molecule has 1 heterocycles. The van der Waals surface area contributed by atoms with Gasteiger partial charge in [0.05, 0.1) is 5.56 Å². The SMILES string of the molecule is CN(C)c1ccc(C(=O)OCC(=O)Nc2ccc(N3CCCC3=O)cc2)cc1. The number of amides is 2. The third kappa shape index (κ3) is 4.68. The largest absolute Gasteiger partial charge is 0.452 e. The summed E-state index contributed by atoms with van der Waals surface area (Å²) in [4.78, 5) is 39.5. The summed E-state index contributed by atoms with van der Waals surface area (Å²) in [5, 5.41) is 2.68. The van der Waals surface area contributed by atoms with Crippen molar-refractivity contribution >= 4 is 34.8 Å². The standard InChI is InChI=1S/C21H23N3O4/c1-23(2)17-9-5-15(6-10-17)21(27)28-14-19(25)22-16-7-11-18(12-8-16)24-13-3-4-20(24)26/h5-12H,3-4,13-14H2,1-2H3,(H,22,25). The molecule has 0 bridgehead atoms. The molecule has 28 heavy (non-hydrogen) atoms. The molecule has 3 rings (SSSR count). The van der Waals surface area contributed by atoms with Gasteiger partial charge in [0, 0.05) is 44.1 Å². The molecule has 7 heteroatoms. The molecule has 0 radical (unpaired) electrons. The molecule has 1 N–H and O–H groups in total. The van der Waals surface area contributed by atoms with Gasteiger partial charge in [0.2, 0.25) is 5.91 Å². The lowest BCUT2D eigenvalue weighted by atomic mass is 10.2. The van der Waals surface area contributed by atoms with E-state index in [1.54, 1.807) is 41.3 Å². The first-order valence-electron chi connectivity index (χ1n) is 9.09. The number of nitrogens with zero attached hydrogens (tertiary/aromatic N) is 2. The van der Waals surface area contributed by atoms with Crippen LogP contribution in [0.2, 0.25) is 0 Å². The number of hydrogen-bond acceptors (Lipinski definition) is 5. The van der Waals surface area contributed by atoms with Crippen molar-refractivity contribution < 1.29 is 19.1 Å². The molecule has 7 nitrogen and oxygen atoms in total. The fourth-order valence-corrected chi connectivity index (χ4v) is 2.95. The van der Waals surface area contributed by atoms with Crippen LogP contribution in [0.15, 0.2) is 48.5 Å². The highest BCUT2D eigenvalue weighted by atomic mass is 16.5. The Morgan fingerprint density at radius 1 is 1.07 bits per heavy atom. The maximum atomic E-state index is 12.1. The summed E-state index contributed by atoms with van der Waals surface area (Å²) >= 11 is 0. The van der Waals surface area contributed by atoms with E-state index in [2.05, 4.69) is 5.32 Å². The van der Waals surface area contributed by atoms with Crippen LogP contribution in [0.4, 0.5) is 17.1 Å². The van der Waals surface area contributed by atoms with Gasteiger partial charge in [-0.05, 0) is 55.0 Å². The van der Waals surface area contributed by atoms with Crippen molar-refractivity contribution in [2.45, 2.75) is 12.8 Å². The second-order valence-electron chi connectivity index (χ2n) is 6.76. The van der Waals surface area contributed by atoms with Crippen molar-refractivity contribution in [1.29, 1.82) is 0 Å². The summed E-state index contributed by atoms with van der Waals surface area (Å²) < 4.78 is 5.06. The second-order valence-corrected chi connectivity index (χ2v) is 6.76. The molecule has 1 fully saturated rings. The molecule has 146 valence electrons. The fraction of sp³-hybridized carbons (Fsp3) is 0.286. The molecule has 1 aliphatic heterocycles. The first-order valence-corrected chi connectivity index (χ1v) is 9.09. The molecule has 0 unspecified atom stereocenters. The van der Waals surface area contributed by atoms with E-state index in [1.165, 1.54) is 0 Å². The Kier molecular flexibility index (Phi) is 5.93.